The molecule has 0 aliphatic carbocycles. The van der Waals surface area contributed by atoms with E-state index in [1.807, 2.05) is 14.0 Å². The predicted octanol–water partition coefficient (Wildman–Crippen LogP) is 3.74. The van der Waals surface area contributed by atoms with Crippen LogP contribution in [0.15, 0.2) is 27.2 Å². The number of nitrogens with one attached hydrogen (secondary N) is 1. The van der Waals surface area contributed by atoms with Crippen molar-refractivity contribution >= 4 is 15.9 Å². The van der Waals surface area contributed by atoms with Crippen molar-refractivity contribution in [3.8, 4) is 11.4 Å². The molecule has 2 rings (SSSR count). The van der Waals surface area contributed by atoms with Gasteiger partial charge in [-0.25, -0.2) is 4.39 Å². The van der Waals surface area contributed by atoms with Crippen molar-refractivity contribution in [3.63, 3.8) is 0 Å². The fraction of sp³-hybridized carbons (Fsp3) is 0.429. The molecule has 108 valence electrons. The second-order valence-electron chi connectivity index (χ2n) is 4.67. The standard InChI is InChI=1S/C14H17BrFN3O/c1-4-12(17-3)8(2)14-18-13(19-20-14)10-7-9(16)5-6-11(10)15/h5-8,12,17H,4H2,1-3H3. The second kappa shape index (κ2) is 6.45. The van der Waals surface area contributed by atoms with E-state index in [4.69, 9.17) is 4.52 Å². The molecule has 1 aromatic carbocycles. The summed E-state index contributed by atoms with van der Waals surface area (Å²) < 4.78 is 19.4. The highest BCUT2D eigenvalue weighted by atomic mass is 79.9. The van der Waals surface area contributed by atoms with Crippen molar-refractivity contribution in [2.75, 3.05) is 7.05 Å². The molecule has 2 unspecified atom stereocenters. The van der Waals surface area contributed by atoms with Crippen LogP contribution in [-0.4, -0.2) is 23.2 Å². The lowest BCUT2D eigenvalue weighted by atomic mass is 10.00. The zero-order chi connectivity index (χ0) is 14.7. The van der Waals surface area contributed by atoms with Crippen LogP contribution in [0.2, 0.25) is 0 Å². The van der Waals surface area contributed by atoms with Gasteiger partial charge in [0.2, 0.25) is 11.7 Å². The first-order valence-corrected chi connectivity index (χ1v) is 7.32. The van der Waals surface area contributed by atoms with Gasteiger partial charge in [-0.1, -0.05) is 34.9 Å². The summed E-state index contributed by atoms with van der Waals surface area (Å²) in [5.74, 6) is 0.712. The molecule has 0 fully saturated rings. The van der Waals surface area contributed by atoms with Gasteiger partial charge >= 0.3 is 0 Å². The third kappa shape index (κ3) is 3.07. The third-order valence-electron chi connectivity index (χ3n) is 3.41. The summed E-state index contributed by atoms with van der Waals surface area (Å²) in [5.41, 5.74) is 0.588. The van der Waals surface area contributed by atoms with Crippen LogP contribution >= 0.6 is 15.9 Å². The van der Waals surface area contributed by atoms with Gasteiger partial charge < -0.3 is 9.84 Å². The van der Waals surface area contributed by atoms with Gasteiger partial charge in [0.1, 0.15) is 5.82 Å². The summed E-state index contributed by atoms with van der Waals surface area (Å²) in [6.07, 6.45) is 0.957. The van der Waals surface area contributed by atoms with Crippen LogP contribution in [0.3, 0.4) is 0 Å². The topological polar surface area (TPSA) is 51.0 Å². The molecule has 1 N–H and O–H groups in total. The lowest BCUT2D eigenvalue weighted by molar-refractivity contribution is 0.326. The Morgan fingerprint density at radius 2 is 2.20 bits per heavy atom. The molecule has 1 heterocycles. The molecule has 0 saturated carbocycles. The van der Waals surface area contributed by atoms with Crippen LogP contribution in [0.5, 0.6) is 0 Å². The molecule has 6 heteroatoms. The first-order chi connectivity index (χ1) is 9.56. The zero-order valence-corrected chi connectivity index (χ0v) is 13.2. The maximum Gasteiger partial charge on any atom is 0.231 e. The van der Waals surface area contributed by atoms with Gasteiger partial charge in [0.15, 0.2) is 0 Å². The highest BCUT2D eigenvalue weighted by Crippen LogP contribution is 2.28. The molecule has 0 aliphatic heterocycles. The van der Waals surface area contributed by atoms with Gasteiger partial charge in [0.05, 0.1) is 5.92 Å². The van der Waals surface area contributed by atoms with E-state index < -0.39 is 0 Å². The fourth-order valence-electron chi connectivity index (χ4n) is 2.18. The average Bonchev–Trinajstić information content (AvgIpc) is 2.92. The van der Waals surface area contributed by atoms with Gasteiger partial charge in [-0.05, 0) is 31.7 Å². The smallest absolute Gasteiger partial charge is 0.231 e. The van der Waals surface area contributed by atoms with Crippen molar-refractivity contribution < 1.29 is 8.91 Å². The third-order valence-corrected chi connectivity index (χ3v) is 4.11. The van der Waals surface area contributed by atoms with Crippen molar-refractivity contribution in [3.05, 3.63) is 34.4 Å². The Hall–Kier alpha value is -1.27. The molecule has 0 saturated heterocycles. The van der Waals surface area contributed by atoms with E-state index in [-0.39, 0.29) is 17.8 Å². The van der Waals surface area contributed by atoms with Gasteiger partial charge in [0, 0.05) is 16.1 Å². The average molecular weight is 342 g/mol. The van der Waals surface area contributed by atoms with Crippen LogP contribution < -0.4 is 5.32 Å². The molecule has 20 heavy (non-hydrogen) atoms. The number of likely N-dealkylation sites (N-methyl/N-ethyl adjacent to an activating group) is 1. The normalized spacial score (nSPS) is 14.2. The van der Waals surface area contributed by atoms with Crippen LogP contribution in [-0.2, 0) is 0 Å². The highest BCUT2D eigenvalue weighted by molar-refractivity contribution is 9.10. The van der Waals surface area contributed by atoms with Crippen molar-refractivity contribution in [1.29, 1.82) is 0 Å². The summed E-state index contributed by atoms with van der Waals surface area (Å²) in [7, 11) is 1.91. The van der Waals surface area contributed by atoms with Crippen molar-refractivity contribution in [2.45, 2.75) is 32.2 Å². The predicted molar refractivity (Wildman–Crippen MR) is 78.9 cm³/mol. The zero-order valence-electron chi connectivity index (χ0n) is 11.7. The molecule has 0 radical (unpaired) electrons. The largest absolute Gasteiger partial charge is 0.339 e. The van der Waals surface area contributed by atoms with E-state index in [0.717, 1.165) is 10.9 Å². The Bertz CT molecular complexity index is 584. The van der Waals surface area contributed by atoms with E-state index in [0.29, 0.717) is 17.3 Å². The summed E-state index contributed by atoms with van der Waals surface area (Å²) in [6, 6.07) is 4.66. The Balaban J connectivity index is 2.31. The second-order valence-corrected chi connectivity index (χ2v) is 5.53. The summed E-state index contributed by atoms with van der Waals surface area (Å²) in [4.78, 5) is 4.38. The number of halogens is 2. The SMILES string of the molecule is CCC(NC)C(C)c1nc(-c2cc(F)ccc2Br)no1. The summed E-state index contributed by atoms with van der Waals surface area (Å²) >= 11 is 3.37. The molecule has 2 aromatic rings. The molecular formula is C14H17BrFN3O. The minimum absolute atomic E-state index is 0.0959. The highest BCUT2D eigenvalue weighted by Gasteiger charge is 2.22. The Morgan fingerprint density at radius 1 is 1.45 bits per heavy atom. The molecular weight excluding hydrogens is 325 g/mol. The Labute approximate surface area is 125 Å². The van der Waals surface area contributed by atoms with Crippen LogP contribution in [0, 0.1) is 5.82 Å². The van der Waals surface area contributed by atoms with E-state index >= 15 is 0 Å². The molecule has 0 aliphatic rings. The fourth-order valence-corrected chi connectivity index (χ4v) is 2.60. The summed E-state index contributed by atoms with van der Waals surface area (Å²) in [5, 5.41) is 7.17. The van der Waals surface area contributed by atoms with E-state index in [1.165, 1.54) is 12.1 Å². The lowest BCUT2D eigenvalue weighted by Crippen LogP contribution is -2.30. The van der Waals surface area contributed by atoms with Crippen molar-refractivity contribution in [1.82, 2.24) is 15.5 Å². The number of aromatic nitrogens is 2. The Morgan fingerprint density at radius 3 is 2.85 bits per heavy atom. The van der Waals surface area contributed by atoms with Crippen LogP contribution in [0.4, 0.5) is 4.39 Å². The monoisotopic (exact) mass is 341 g/mol. The lowest BCUT2D eigenvalue weighted by Gasteiger charge is -2.18. The van der Waals surface area contributed by atoms with Gasteiger partial charge in [0.25, 0.3) is 0 Å². The number of rotatable bonds is 5. The van der Waals surface area contributed by atoms with E-state index in [2.05, 4.69) is 38.3 Å². The molecule has 1 aromatic heterocycles. The van der Waals surface area contributed by atoms with Gasteiger partial charge in [-0.3, -0.25) is 0 Å². The summed E-state index contributed by atoms with van der Waals surface area (Å²) in [6.45, 7) is 4.13. The van der Waals surface area contributed by atoms with Crippen LogP contribution in [0.1, 0.15) is 32.1 Å². The number of benzene rings is 1. The minimum Gasteiger partial charge on any atom is -0.339 e. The minimum atomic E-state index is -0.329. The number of hydrogen-bond acceptors (Lipinski definition) is 4. The Kier molecular flexibility index (Phi) is 4.88. The van der Waals surface area contributed by atoms with E-state index in [9.17, 15) is 4.39 Å². The van der Waals surface area contributed by atoms with Gasteiger partial charge in [-0.15, -0.1) is 0 Å². The molecule has 0 bridgehead atoms. The molecule has 0 spiro atoms. The first-order valence-electron chi connectivity index (χ1n) is 6.53. The molecule has 0 amide bonds. The first kappa shape index (κ1) is 15.1. The maximum absolute atomic E-state index is 13.3. The van der Waals surface area contributed by atoms with Crippen LogP contribution in [0.25, 0.3) is 11.4 Å². The number of hydrogen-bond donors (Lipinski definition) is 1. The van der Waals surface area contributed by atoms with Gasteiger partial charge in [-0.2, -0.15) is 4.98 Å². The maximum atomic E-state index is 13.3. The quantitative estimate of drug-likeness (QED) is 0.899. The van der Waals surface area contributed by atoms with E-state index in [1.54, 1.807) is 6.07 Å². The molecule has 4 nitrogen and oxygen atoms in total. The van der Waals surface area contributed by atoms with Crippen molar-refractivity contribution in [2.24, 2.45) is 0 Å². The molecule has 2 atom stereocenters. The number of nitrogens with zero attached hydrogens (tertiary/aromatic N) is 2.